The van der Waals surface area contributed by atoms with E-state index in [2.05, 4.69) is 0 Å². The molecule has 2 aliphatic rings. The molecule has 1 saturated heterocycles. The summed E-state index contributed by atoms with van der Waals surface area (Å²) in [5, 5.41) is 9.41. The van der Waals surface area contributed by atoms with Gasteiger partial charge in [0, 0.05) is 11.5 Å². The first kappa shape index (κ1) is 10.4. The number of aliphatic hydroxyl groups excluding tert-OH is 1. The van der Waals surface area contributed by atoms with Gasteiger partial charge in [-0.1, -0.05) is 6.92 Å². The molecular formula is C11H15NO3. The SMILES string of the molecule is CC1C=C(O)C=C2C(=O)CC(C)(N)OC21. The number of nitrogens with two attached hydrogens (primary N) is 1. The summed E-state index contributed by atoms with van der Waals surface area (Å²) in [6, 6.07) is 0. The van der Waals surface area contributed by atoms with Crippen molar-refractivity contribution in [2.24, 2.45) is 11.7 Å². The topological polar surface area (TPSA) is 72.5 Å². The van der Waals surface area contributed by atoms with Gasteiger partial charge in [-0.2, -0.15) is 0 Å². The number of Topliss-reactive ketones (excluding diaryl/α,β-unsaturated/α-hetero) is 1. The van der Waals surface area contributed by atoms with Crippen LogP contribution in [-0.2, 0) is 9.53 Å². The van der Waals surface area contributed by atoms with Crippen LogP contribution in [0.15, 0.2) is 23.5 Å². The van der Waals surface area contributed by atoms with Crippen LogP contribution in [-0.4, -0.2) is 22.7 Å². The second kappa shape index (κ2) is 3.18. The summed E-state index contributed by atoms with van der Waals surface area (Å²) in [6.07, 6.45) is 2.98. The van der Waals surface area contributed by atoms with Crippen molar-refractivity contribution >= 4 is 5.78 Å². The third kappa shape index (κ3) is 1.82. The van der Waals surface area contributed by atoms with Crippen LogP contribution >= 0.6 is 0 Å². The summed E-state index contributed by atoms with van der Waals surface area (Å²) in [4.78, 5) is 11.8. The van der Waals surface area contributed by atoms with Gasteiger partial charge in [0.05, 0.1) is 12.5 Å². The molecule has 82 valence electrons. The standard InChI is InChI=1S/C11H15NO3/c1-6-3-7(13)4-8-9(14)5-11(2,12)15-10(6)8/h3-4,6,10,13H,5,12H2,1-2H3. The Bertz CT molecular complexity index is 368. The minimum atomic E-state index is -0.895. The lowest BCUT2D eigenvalue weighted by Crippen LogP contribution is -2.52. The number of hydrogen-bond donors (Lipinski definition) is 2. The first-order valence-electron chi connectivity index (χ1n) is 5.01. The molecule has 3 unspecified atom stereocenters. The summed E-state index contributed by atoms with van der Waals surface area (Å²) in [6.45, 7) is 3.59. The molecule has 0 aromatic rings. The molecule has 0 bridgehead atoms. The third-order valence-corrected chi connectivity index (χ3v) is 2.75. The highest BCUT2D eigenvalue weighted by molar-refractivity contribution is 5.98. The zero-order valence-corrected chi connectivity index (χ0v) is 8.86. The smallest absolute Gasteiger partial charge is 0.165 e. The quantitative estimate of drug-likeness (QED) is 0.625. The lowest BCUT2D eigenvalue weighted by Gasteiger charge is -2.39. The van der Waals surface area contributed by atoms with Crippen LogP contribution in [0.3, 0.4) is 0 Å². The molecule has 0 aromatic heterocycles. The van der Waals surface area contributed by atoms with E-state index in [9.17, 15) is 9.90 Å². The van der Waals surface area contributed by atoms with Crippen molar-refractivity contribution < 1.29 is 14.6 Å². The molecule has 0 radical (unpaired) electrons. The molecule has 0 amide bonds. The summed E-state index contributed by atoms with van der Waals surface area (Å²) < 4.78 is 5.64. The largest absolute Gasteiger partial charge is 0.508 e. The Morgan fingerprint density at radius 2 is 2.33 bits per heavy atom. The fraction of sp³-hybridized carbons (Fsp3) is 0.545. The number of allylic oxidation sites excluding steroid dienone is 1. The van der Waals surface area contributed by atoms with E-state index in [0.29, 0.717) is 5.57 Å². The molecule has 1 aliphatic heterocycles. The van der Waals surface area contributed by atoms with Crippen molar-refractivity contribution in [3.8, 4) is 0 Å². The molecule has 1 heterocycles. The fourth-order valence-corrected chi connectivity index (χ4v) is 2.09. The first-order chi connectivity index (χ1) is 6.89. The van der Waals surface area contributed by atoms with Gasteiger partial charge >= 0.3 is 0 Å². The maximum Gasteiger partial charge on any atom is 0.165 e. The van der Waals surface area contributed by atoms with Crippen molar-refractivity contribution in [3.05, 3.63) is 23.5 Å². The third-order valence-electron chi connectivity index (χ3n) is 2.75. The number of rotatable bonds is 0. The molecule has 1 fully saturated rings. The number of ether oxygens (including phenoxy) is 1. The summed E-state index contributed by atoms with van der Waals surface area (Å²) >= 11 is 0. The van der Waals surface area contributed by atoms with Crippen molar-refractivity contribution in [2.45, 2.75) is 32.1 Å². The molecule has 4 nitrogen and oxygen atoms in total. The maximum absolute atomic E-state index is 11.8. The van der Waals surface area contributed by atoms with E-state index < -0.39 is 5.72 Å². The van der Waals surface area contributed by atoms with Crippen molar-refractivity contribution in [1.29, 1.82) is 0 Å². The van der Waals surface area contributed by atoms with Crippen LogP contribution in [0, 0.1) is 5.92 Å². The lowest BCUT2D eigenvalue weighted by atomic mass is 9.84. The number of carbonyl (C=O) groups is 1. The van der Waals surface area contributed by atoms with Gasteiger partial charge in [-0.25, -0.2) is 0 Å². The summed E-state index contributed by atoms with van der Waals surface area (Å²) in [5.41, 5.74) is 5.46. The molecule has 15 heavy (non-hydrogen) atoms. The van der Waals surface area contributed by atoms with Gasteiger partial charge in [0.1, 0.15) is 11.5 Å². The molecule has 0 aromatic carbocycles. The zero-order chi connectivity index (χ0) is 11.2. The monoisotopic (exact) mass is 209 g/mol. The second-order valence-corrected chi connectivity index (χ2v) is 4.50. The number of hydrogen-bond acceptors (Lipinski definition) is 4. The normalized spacial score (nSPS) is 40.6. The van der Waals surface area contributed by atoms with Crippen LogP contribution in [0.2, 0.25) is 0 Å². The Kier molecular flexibility index (Phi) is 2.20. The Balaban J connectivity index is 2.36. The second-order valence-electron chi connectivity index (χ2n) is 4.50. The van der Waals surface area contributed by atoms with E-state index in [1.54, 1.807) is 13.0 Å². The fourth-order valence-electron chi connectivity index (χ4n) is 2.09. The van der Waals surface area contributed by atoms with E-state index in [1.807, 2.05) is 6.92 Å². The minimum absolute atomic E-state index is 0.0304. The highest BCUT2D eigenvalue weighted by Crippen LogP contribution is 2.34. The van der Waals surface area contributed by atoms with Gasteiger partial charge in [0.2, 0.25) is 0 Å². The van der Waals surface area contributed by atoms with E-state index in [0.717, 1.165) is 0 Å². The molecule has 3 atom stereocenters. The Morgan fingerprint density at radius 3 is 3.00 bits per heavy atom. The van der Waals surface area contributed by atoms with E-state index in [1.165, 1.54) is 6.08 Å². The highest BCUT2D eigenvalue weighted by Gasteiger charge is 2.41. The number of carbonyl (C=O) groups excluding carboxylic acids is 1. The minimum Gasteiger partial charge on any atom is -0.508 e. The van der Waals surface area contributed by atoms with Crippen LogP contribution in [0.1, 0.15) is 20.3 Å². The lowest BCUT2D eigenvalue weighted by molar-refractivity contribution is -0.141. The van der Waals surface area contributed by atoms with Crippen LogP contribution < -0.4 is 5.73 Å². The van der Waals surface area contributed by atoms with Gasteiger partial charge in [-0.3, -0.25) is 4.79 Å². The Labute approximate surface area is 88.4 Å². The van der Waals surface area contributed by atoms with Gasteiger partial charge in [-0.05, 0) is 19.1 Å². The van der Waals surface area contributed by atoms with Crippen molar-refractivity contribution in [1.82, 2.24) is 0 Å². The molecule has 0 saturated carbocycles. The van der Waals surface area contributed by atoms with Gasteiger partial charge < -0.3 is 15.6 Å². The van der Waals surface area contributed by atoms with Crippen molar-refractivity contribution in [3.63, 3.8) is 0 Å². The van der Waals surface area contributed by atoms with Crippen molar-refractivity contribution in [2.75, 3.05) is 0 Å². The number of aliphatic hydroxyl groups is 1. The Morgan fingerprint density at radius 1 is 1.67 bits per heavy atom. The van der Waals surface area contributed by atoms with Crippen LogP contribution in [0.5, 0.6) is 0 Å². The molecule has 1 aliphatic carbocycles. The van der Waals surface area contributed by atoms with E-state index in [4.69, 9.17) is 10.5 Å². The molecular weight excluding hydrogens is 194 g/mol. The van der Waals surface area contributed by atoms with Crippen LogP contribution in [0.4, 0.5) is 0 Å². The average molecular weight is 209 g/mol. The summed E-state index contributed by atoms with van der Waals surface area (Å²) in [7, 11) is 0. The van der Waals surface area contributed by atoms with Gasteiger partial charge in [-0.15, -0.1) is 0 Å². The summed E-state index contributed by atoms with van der Waals surface area (Å²) in [5.74, 6) is 0.0613. The maximum atomic E-state index is 11.8. The van der Waals surface area contributed by atoms with Gasteiger partial charge in [0.25, 0.3) is 0 Å². The molecule has 0 spiro atoms. The highest BCUT2D eigenvalue weighted by atomic mass is 16.5. The predicted molar refractivity (Wildman–Crippen MR) is 55.0 cm³/mol. The zero-order valence-electron chi connectivity index (χ0n) is 8.86. The molecule has 4 heteroatoms. The van der Waals surface area contributed by atoms with Crippen LogP contribution in [0.25, 0.3) is 0 Å². The van der Waals surface area contributed by atoms with Gasteiger partial charge in [0.15, 0.2) is 5.78 Å². The molecule has 3 N–H and O–H groups in total. The number of ketones is 1. The average Bonchev–Trinajstić information content (AvgIpc) is 2.06. The Hall–Kier alpha value is -1.13. The van der Waals surface area contributed by atoms with E-state index in [-0.39, 0.29) is 30.0 Å². The first-order valence-corrected chi connectivity index (χ1v) is 5.01. The van der Waals surface area contributed by atoms with E-state index >= 15 is 0 Å². The molecule has 2 rings (SSSR count). The number of fused-ring (bicyclic) bond motifs is 1. The predicted octanol–water partition coefficient (Wildman–Crippen LogP) is 1.04.